The molecule has 0 aromatic heterocycles. The second-order valence-corrected chi connectivity index (χ2v) is 6.63. The number of carbonyl (C=O) groups excluding carboxylic acids is 2. The highest BCUT2D eigenvalue weighted by molar-refractivity contribution is 5.97. The van der Waals surface area contributed by atoms with Crippen molar-refractivity contribution in [3.05, 3.63) is 29.8 Å². The first-order valence-corrected chi connectivity index (χ1v) is 8.33. The molecule has 0 radical (unpaired) electrons. The normalized spacial score (nSPS) is 26.0. The minimum Gasteiger partial charge on any atom is -0.352 e. The van der Waals surface area contributed by atoms with Gasteiger partial charge >= 0.3 is 0 Å². The van der Waals surface area contributed by atoms with Crippen molar-refractivity contribution in [1.82, 2.24) is 5.32 Å². The molecule has 22 heavy (non-hydrogen) atoms. The van der Waals surface area contributed by atoms with Crippen LogP contribution in [-0.2, 0) is 4.79 Å². The van der Waals surface area contributed by atoms with Crippen molar-refractivity contribution >= 4 is 17.5 Å². The Bertz CT molecular complexity index is 570. The Morgan fingerprint density at radius 3 is 2.77 bits per heavy atom. The van der Waals surface area contributed by atoms with Gasteiger partial charge in [0.25, 0.3) is 5.91 Å². The SMILES string of the molecule is CCNC(=O)c1cccc(NC(=O)CC2CC3CCC2C3)c1. The standard InChI is InChI=1S/C18H24N2O2/c1-2-19-18(22)14-4-3-5-16(10-14)20-17(21)11-15-9-12-6-7-13(15)8-12/h3-5,10,12-13,15H,2,6-9,11H2,1H3,(H,19,22)(H,20,21). The van der Waals surface area contributed by atoms with E-state index in [9.17, 15) is 9.59 Å². The highest BCUT2D eigenvalue weighted by Gasteiger charge is 2.40. The quantitative estimate of drug-likeness (QED) is 0.877. The minimum absolute atomic E-state index is 0.0746. The predicted molar refractivity (Wildman–Crippen MR) is 86.6 cm³/mol. The minimum atomic E-state index is -0.105. The van der Waals surface area contributed by atoms with E-state index < -0.39 is 0 Å². The second-order valence-electron chi connectivity index (χ2n) is 6.63. The molecule has 3 atom stereocenters. The predicted octanol–water partition coefficient (Wildman–Crippen LogP) is 3.20. The van der Waals surface area contributed by atoms with Crippen LogP contribution >= 0.6 is 0 Å². The molecule has 118 valence electrons. The number of anilines is 1. The highest BCUT2D eigenvalue weighted by atomic mass is 16.2. The van der Waals surface area contributed by atoms with Crippen molar-refractivity contribution in [3.8, 4) is 0 Å². The maximum Gasteiger partial charge on any atom is 0.251 e. The van der Waals surface area contributed by atoms with Crippen LogP contribution in [-0.4, -0.2) is 18.4 Å². The van der Waals surface area contributed by atoms with Crippen LogP contribution in [0, 0.1) is 17.8 Å². The third kappa shape index (κ3) is 3.32. The fraction of sp³-hybridized carbons (Fsp3) is 0.556. The van der Waals surface area contributed by atoms with E-state index in [1.807, 2.05) is 13.0 Å². The zero-order valence-corrected chi connectivity index (χ0v) is 13.1. The van der Waals surface area contributed by atoms with E-state index in [-0.39, 0.29) is 11.8 Å². The molecular weight excluding hydrogens is 276 g/mol. The Morgan fingerprint density at radius 2 is 2.09 bits per heavy atom. The molecule has 0 heterocycles. The molecule has 4 nitrogen and oxygen atoms in total. The van der Waals surface area contributed by atoms with Crippen LogP contribution in [0.25, 0.3) is 0 Å². The van der Waals surface area contributed by atoms with Gasteiger partial charge < -0.3 is 10.6 Å². The van der Waals surface area contributed by atoms with Crippen molar-refractivity contribution in [3.63, 3.8) is 0 Å². The first-order valence-electron chi connectivity index (χ1n) is 8.33. The van der Waals surface area contributed by atoms with Crippen LogP contribution in [0.1, 0.15) is 49.4 Å². The Labute approximate surface area is 131 Å². The van der Waals surface area contributed by atoms with Crippen molar-refractivity contribution in [1.29, 1.82) is 0 Å². The number of rotatable bonds is 5. The highest BCUT2D eigenvalue weighted by Crippen LogP contribution is 2.49. The van der Waals surface area contributed by atoms with Crippen molar-refractivity contribution in [2.45, 2.75) is 39.0 Å². The fourth-order valence-electron chi connectivity index (χ4n) is 4.08. The van der Waals surface area contributed by atoms with Gasteiger partial charge in [0.1, 0.15) is 0 Å². The number of carbonyl (C=O) groups is 2. The molecule has 2 bridgehead atoms. The maximum atomic E-state index is 12.2. The van der Waals surface area contributed by atoms with Crippen molar-refractivity contribution in [2.24, 2.45) is 17.8 Å². The summed E-state index contributed by atoms with van der Waals surface area (Å²) in [6, 6.07) is 7.14. The monoisotopic (exact) mass is 300 g/mol. The second kappa shape index (κ2) is 6.51. The van der Waals surface area contributed by atoms with Gasteiger partial charge in [-0.05, 0) is 62.1 Å². The third-order valence-corrected chi connectivity index (χ3v) is 5.08. The Kier molecular flexibility index (Phi) is 4.46. The smallest absolute Gasteiger partial charge is 0.251 e. The van der Waals surface area contributed by atoms with E-state index in [1.165, 1.54) is 25.7 Å². The number of benzene rings is 1. The molecule has 3 rings (SSSR count). The average molecular weight is 300 g/mol. The molecule has 3 unspecified atom stereocenters. The van der Waals surface area contributed by atoms with Gasteiger partial charge in [-0.3, -0.25) is 9.59 Å². The molecule has 2 aliphatic carbocycles. The molecule has 0 aliphatic heterocycles. The van der Waals surface area contributed by atoms with Gasteiger partial charge in [0, 0.05) is 24.2 Å². The molecule has 2 aliphatic rings. The van der Waals surface area contributed by atoms with Gasteiger partial charge in [-0.15, -0.1) is 0 Å². The van der Waals surface area contributed by atoms with Crippen LogP contribution in [0.5, 0.6) is 0 Å². The summed E-state index contributed by atoms with van der Waals surface area (Å²) in [5, 5.41) is 5.71. The van der Waals surface area contributed by atoms with E-state index in [1.54, 1.807) is 18.2 Å². The van der Waals surface area contributed by atoms with Crippen LogP contribution in [0.15, 0.2) is 24.3 Å². The van der Waals surface area contributed by atoms with Gasteiger partial charge in [-0.25, -0.2) is 0 Å². The lowest BCUT2D eigenvalue weighted by atomic mass is 9.86. The summed E-state index contributed by atoms with van der Waals surface area (Å²) in [7, 11) is 0. The summed E-state index contributed by atoms with van der Waals surface area (Å²) in [6.07, 6.45) is 5.82. The van der Waals surface area contributed by atoms with E-state index in [4.69, 9.17) is 0 Å². The zero-order chi connectivity index (χ0) is 15.5. The number of amides is 2. The average Bonchev–Trinajstić information content (AvgIpc) is 3.10. The molecule has 2 fully saturated rings. The lowest BCUT2D eigenvalue weighted by molar-refractivity contribution is -0.117. The number of hydrogen-bond donors (Lipinski definition) is 2. The molecule has 0 spiro atoms. The summed E-state index contributed by atoms with van der Waals surface area (Å²) in [4.78, 5) is 24.1. The molecule has 2 amide bonds. The fourth-order valence-corrected chi connectivity index (χ4v) is 4.08. The number of nitrogens with one attached hydrogen (secondary N) is 2. The van der Waals surface area contributed by atoms with Crippen LogP contribution in [0.2, 0.25) is 0 Å². The van der Waals surface area contributed by atoms with Crippen molar-refractivity contribution < 1.29 is 9.59 Å². The molecule has 1 aromatic carbocycles. The molecule has 0 saturated heterocycles. The molecular formula is C18H24N2O2. The van der Waals surface area contributed by atoms with E-state index >= 15 is 0 Å². The summed E-state index contributed by atoms with van der Waals surface area (Å²) in [5.74, 6) is 2.16. The Morgan fingerprint density at radius 1 is 1.23 bits per heavy atom. The van der Waals surface area contributed by atoms with Gasteiger partial charge in [0.15, 0.2) is 0 Å². The van der Waals surface area contributed by atoms with E-state index in [2.05, 4.69) is 10.6 Å². The lowest BCUT2D eigenvalue weighted by Gasteiger charge is -2.20. The summed E-state index contributed by atoms with van der Waals surface area (Å²) in [6.45, 7) is 2.48. The lowest BCUT2D eigenvalue weighted by Crippen LogP contribution is -2.23. The maximum absolute atomic E-state index is 12.2. The largest absolute Gasteiger partial charge is 0.352 e. The van der Waals surface area contributed by atoms with Crippen LogP contribution < -0.4 is 10.6 Å². The van der Waals surface area contributed by atoms with Crippen LogP contribution in [0.3, 0.4) is 0 Å². The van der Waals surface area contributed by atoms with Gasteiger partial charge in [-0.1, -0.05) is 12.5 Å². The van der Waals surface area contributed by atoms with Gasteiger partial charge in [0.05, 0.1) is 0 Å². The zero-order valence-electron chi connectivity index (χ0n) is 13.1. The molecule has 2 saturated carbocycles. The molecule has 4 heteroatoms. The first-order chi connectivity index (χ1) is 10.7. The molecule has 1 aromatic rings. The van der Waals surface area contributed by atoms with Gasteiger partial charge in [0.2, 0.25) is 5.91 Å². The summed E-state index contributed by atoms with van der Waals surface area (Å²) >= 11 is 0. The Hall–Kier alpha value is -1.84. The summed E-state index contributed by atoms with van der Waals surface area (Å²) in [5.41, 5.74) is 1.29. The molecule has 2 N–H and O–H groups in total. The van der Waals surface area contributed by atoms with E-state index in [0.717, 1.165) is 11.8 Å². The van der Waals surface area contributed by atoms with Gasteiger partial charge in [-0.2, -0.15) is 0 Å². The first kappa shape index (κ1) is 15.1. The van der Waals surface area contributed by atoms with E-state index in [0.29, 0.717) is 30.1 Å². The number of hydrogen-bond acceptors (Lipinski definition) is 2. The summed E-state index contributed by atoms with van der Waals surface area (Å²) < 4.78 is 0. The van der Waals surface area contributed by atoms with Crippen molar-refractivity contribution in [2.75, 3.05) is 11.9 Å². The topological polar surface area (TPSA) is 58.2 Å². The Balaban J connectivity index is 1.57. The van der Waals surface area contributed by atoms with Crippen LogP contribution in [0.4, 0.5) is 5.69 Å². The number of fused-ring (bicyclic) bond motifs is 2. The third-order valence-electron chi connectivity index (χ3n) is 5.08.